The van der Waals surface area contributed by atoms with Gasteiger partial charge in [0, 0.05) is 12.8 Å². The van der Waals surface area contributed by atoms with Gasteiger partial charge in [-0.3, -0.25) is 0 Å². The van der Waals surface area contributed by atoms with Crippen LogP contribution >= 0.6 is 0 Å². The molecule has 1 heteroatoms. The first-order valence-corrected chi connectivity index (χ1v) is 5.37. The molecule has 2 bridgehead atoms. The predicted molar refractivity (Wildman–Crippen MR) is 51.9 cm³/mol. The summed E-state index contributed by atoms with van der Waals surface area (Å²) >= 11 is 0. The van der Waals surface area contributed by atoms with Gasteiger partial charge in [0.2, 0.25) is 0 Å². The molecule has 2 fully saturated rings. The Morgan fingerprint density at radius 1 is 0.833 bits per heavy atom. The molecule has 0 aromatic carbocycles. The number of fused-ring (bicyclic) bond motifs is 2. The van der Waals surface area contributed by atoms with Crippen LogP contribution in [0.25, 0.3) is 0 Å². The number of hydrogen-bond acceptors (Lipinski definition) is 0. The monoisotopic (exact) mass is 168 g/mol. The summed E-state index contributed by atoms with van der Waals surface area (Å²) in [6.07, 6.45) is 7.61. The molecule has 0 saturated heterocycles. The van der Waals surface area contributed by atoms with Crippen LogP contribution in [0.3, 0.4) is 0 Å². The predicted octanol–water partition coefficient (Wildman–Crippen LogP) is 2.27. The maximum atomic E-state index is 2.36. The Kier molecular flexibility index (Phi) is 1.95. The fourth-order valence-electron chi connectivity index (χ4n) is 3.10. The van der Waals surface area contributed by atoms with Crippen LogP contribution in [0.2, 0.25) is 0 Å². The fraction of sp³-hybridized carbons (Fsp3) is 1.00. The summed E-state index contributed by atoms with van der Waals surface area (Å²) in [5.41, 5.74) is 0. The van der Waals surface area contributed by atoms with Gasteiger partial charge in [-0.25, -0.2) is 0 Å². The number of hydrogen-bond donors (Lipinski definition) is 0. The van der Waals surface area contributed by atoms with Crippen LogP contribution in [-0.2, 0) is 0 Å². The van der Waals surface area contributed by atoms with E-state index in [4.69, 9.17) is 0 Å². The van der Waals surface area contributed by atoms with E-state index in [1.165, 1.54) is 30.2 Å². The molecule has 2 saturated carbocycles. The lowest BCUT2D eigenvalue weighted by molar-refractivity contribution is -0.898. The van der Waals surface area contributed by atoms with E-state index in [-0.39, 0.29) is 0 Å². The van der Waals surface area contributed by atoms with Gasteiger partial charge in [0.15, 0.2) is 0 Å². The Labute approximate surface area is 76.3 Å². The molecule has 2 atom stereocenters. The van der Waals surface area contributed by atoms with Gasteiger partial charge in [0.05, 0.1) is 27.2 Å². The highest BCUT2D eigenvalue weighted by atomic mass is 15.3. The molecule has 0 spiro atoms. The zero-order valence-corrected chi connectivity index (χ0v) is 8.71. The molecule has 0 aromatic rings. The van der Waals surface area contributed by atoms with Crippen LogP contribution in [0.15, 0.2) is 0 Å². The largest absolute Gasteiger partial charge is 0.328 e. The molecule has 0 N–H and O–H groups in total. The van der Waals surface area contributed by atoms with Crippen LogP contribution in [0, 0.1) is 11.8 Å². The Balaban J connectivity index is 2.03. The van der Waals surface area contributed by atoms with Crippen molar-refractivity contribution in [3.8, 4) is 0 Å². The maximum Gasteiger partial charge on any atom is 0.0889 e. The Hall–Kier alpha value is -0.0400. The normalized spacial score (nSPS) is 41.8. The van der Waals surface area contributed by atoms with Crippen LogP contribution in [-0.4, -0.2) is 31.7 Å². The van der Waals surface area contributed by atoms with Crippen LogP contribution in [0.5, 0.6) is 0 Å². The van der Waals surface area contributed by atoms with Gasteiger partial charge in [-0.05, 0) is 31.1 Å². The second-order valence-electron chi connectivity index (χ2n) is 5.79. The van der Waals surface area contributed by atoms with Crippen molar-refractivity contribution in [3.05, 3.63) is 0 Å². The quantitative estimate of drug-likeness (QED) is 0.527. The number of rotatable bonds is 1. The van der Waals surface area contributed by atoms with Gasteiger partial charge in [0.25, 0.3) is 0 Å². The summed E-state index contributed by atoms with van der Waals surface area (Å²) in [6, 6.07) is 0.955. The number of nitrogens with zero attached hydrogens (tertiary/aromatic N) is 1. The van der Waals surface area contributed by atoms with Gasteiger partial charge in [-0.2, -0.15) is 0 Å². The summed E-state index contributed by atoms with van der Waals surface area (Å²) in [5, 5.41) is 0. The maximum absolute atomic E-state index is 2.36. The molecule has 0 radical (unpaired) electrons. The third kappa shape index (κ3) is 1.52. The Morgan fingerprint density at radius 3 is 1.75 bits per heavy atom. The van der Waals surface area contributed by atoms with E-state index in [1.807, 2.05) is 0 Å². The first kappa shape index (κ1) is 8.55. The second kappa shape index (κ2) is 2.73. The molecule has 1 nitrogen and oxygen atoms in total. The molecule has 0 heterocycles. The van der Waals surface area contributed by atoms with Crippen molar-refractivity contribution < 1.29 is 4.48 Å². The minimum absolute atomic E-state index is 0.955. The molecule has 70 valence electrons. The molecule has 2 unspecified atom stereocenters. The van der Waals surface area contributed by atoms with Crippen molar-refractivity contribution in [2.45, 2.75) is 38.1 Å². The van der Waals surface area contributed by atoms with Gasteiger partial charge < -0.3 is 4.48 Å². The van der Waals surface area contributed by atoms with Crippen LogP contribution < -0.4 is 0 Å². The smallest absolute Gasteiger partial charge is 0.0889 e. The second-order valence-corrected chi connectivity index (χ2v) is 5.79. The molecule has 2 rings (SSSR count). The fourth-order valence-corrected chi connectivity index (χ4v) is 3.10. The highest BCUT2D eigenvalue weighted by Crippen LogP contribution is 2.43. The highest BCUT2D eigenvalue weighted by molar-refractivity contribution is 4.85. The zero-order chi connectivity index (χ0) is 8.77. The first-order chi connectivity index (χ1) is 5.55. The molecule has 0 aliphatic heterocycles. The van der Waals surface area contributed by atoms with Crippen molar-refractivity contribution in [1.82, 2.24) is 0 Å². The SMILES string of the molecule is C[N+](C)(C)C1CC2CCC(C2)C1. The topological polar surface area (TPSA) is 0 Å². The van der Waals surface area contributed by atoms with Gasteiger partial charge >= 0.3 is 0 Å². The van der Waals surface area contributed by atoms with Crippen molar-refractivity contribution in [2.24, 2.45) is 11.8 Å². The lowest BCUT2D eigenvalue weighted by Crippen LogP contribution is -2.47. The summed E-state index contributed by atoms with van der Waals surface area (Å²) in [4.78, 5) is 0. The summed E-state index contributed by atoms with van der Waals surface area (Å²) in [6.45, 7) is 0. The number of quaternary nitrogens is 1. The molecular formula is C11H22N+. The minimum Gasteiger partial charge on any atom is -0.328 e. The van der Waals surface area contributed by atoms with E-state index in [9.17, 15) is 0 Å². The average Bonchev–Trinajstić information content (AvgIpc) is 2.28. The third-order valence-electron chi connectivity index (χ3n) is 3.96. The minimum atomic E-state index is 0.955. The van der Waals surface area contributed by atoms with E-state index in [0.29, 0.717) is 0 Å². The molecule has 0 amide bonds. The van der Waals surface area contributed by atoms with Crippen molar-refractivity contribution >= 4 is 0 Å². The lowest BCUT2D eigenvalue weighted by atomic mass is 9.84. The third-order valence-corrected chi connectivity index (χ3v) is 3.96. The van der Waals surface area contributed by atoms with E-state index in [2.05, 4.69) is 21.1 Å². The van der Waals surface area contributed by atoms with Crippen molar-refractivity contribution in [2.75, 3.05) is 21.1 Å². The Bertz CT molecular complexity index is 156. The zero-order valence-electron chi connectivity index (χ0n) is 8.71. The van der Waals surface area contributed by atoms with E-state index in [0.717, 1.165) is 17.9 Å². The lowest BCUT2D eigenvalue weighted by Gasteiger charge is -2.39. The van der Waals surface area contributed by atoms with E-state index < -0.39 is 0 Å². The van der Waals surface area contributed by atoms with Crippen LogP contribution in [0.4, 0.5) is 0 Å². The van der Waals surface area contributed by atoms with Crippen molar-refractivity contribution in [3.63, 3.8) is 0 Å². The molecular weight excluding hydrogens is 146 g/mol. The average molecular weight is 168 g/mol. The summed E-state index contributed by atoms with van der Waals surface area (Å²) in [5.74, 6) is 2.18. The van der Waals surface area contributed by atoms with E-state index >= 15 is 0 Å². The highest BCUT2D eigenvalue weighted by Gasteiger charge is 2.39. The van der Waals surface area contributed by atoms with Gasteiger partial charge in [-0.1, -0.05) is 0 Å². The molecule has 0 aromatic heterocycles. The first-order valence-electron chi connectivity index (χ1n) is 5.37. The Morgan fingerprint density at radius 2 is 1.33 bits per heavy atom. The summed E-state index contributed by atoms with van der Waals surface area (Å²) < 4.78 is 1.19. The van der Waals surface area contributed by atoms with Crippen LogP contribution in [0.1, 0.15) is 32.1 Å². The van der Waals surface area contributed by atoms with Gasteiger partial charge in [0.1, 0.15) is 0 Å². The standard InChI is InChI=1S/C11H22N/c1-12(2,3)11-7-9-4-5-10(6-9)8-11/h9-11H,4-8H2,1-3H3/q+1. The summed E-state index contributed by atoms with van der Waals surface area (Å²) in [7, 11) is 7.07. The molecule has 2 aliphatic rings. The van der Waals surface area contributed by atoms with Crippen molar-refractivity contribution in [1.29, 1.82) is 0 Å². The molecule has 12 heavy (non-hydrogen) atoms. The van der Waals surface area contributed by atoms with E-state index in [1.54, 1.807) is 6.42 Å². The van der Waals surface area contributed by atoms with Gasteiger partial charge in [-0.15, -0.1) is 0 Å². The molecule has 2 aliphatic carbocycles.